The molecule has 17 heavy (non-hydrogen) atoms. The van der Waals surface area contributed by atoms with Crippen molar-refractivity contribution < 1.29 is 9.90 Å². The normalized spacial score (nSPS) is 30.8. The van der Waals surface area contributed by atoms with Crippen LogP contribution < -0.4 is 0 Å². The van der Waals surface area contributed by atoms with Crippen LogP contribution in [0.25, 0.3) is 0 Å². The molecule has 0 radical (unpaired) electrons. The van der Waals surface area contributed by atoms with Gasteiger partial charge in [0.2, 0.25) is 5.91 Å². The van der Waals surface area contributed by atoms with Gasteiger partial charge in [0.25, 0.3) is 0 Å². The van der Waals surface area contributed by atoms with Crippen LogP contribution in [-0.2, 0) is 4.79 Å². The second-order valence-electron chi connectivity index (χ2n) is 5.54. The number of likely N-dealkylation sites (tertiary alicyclic amines) is 2. The highest BCUT2D eigenvalue weighted by Crippen LogP contribution is 2.19. The molecule has 2 fully saturated rings. The molecule has 0 bridgehead atoms. The minimum Gasteiger partial charge on any atom is -0.395 e. The van der Waals surface area contributed by atoms with Crippen LogP contribution in [-0.4, -0.2) is 59.6 Å². The van der Waals surface area contributed by atoms with E-state index in [9.17, 15) is 9.90 Å². The molecule has 0 saturated carbocycles. The predicted octanol–water partition coefficient (Wildman–Crippen LogP) is 0.702. The van der Waals surface area contributed by atoms with Crippen molar-refractivity contribution in [1.82, 2.24) is 9.80 Å². The maximum absolute atomic E-state index is 12.2. The van der Waals surface area contributed by atoms with Gasteiger partial charge in [-0.05, 0) is 38.1 Å². The molecule has 2 saturated heterocycles. The third-order valence-electron chi connectivity index (χ3n) is 4.06. The topological polar surface area (TPSA) is 43.8 Å². The van der Waals surface area contributed by atoms with Crippen LogP contribution in [0.1, 0.15) is 32.6 Å². The van der Waals surface area contributed by atoms with E-state index in [4.69, 9.17) is 0 Å². The molecule has 0 spiro atoms. The quantitative estimate of drug-likeness (QED) is 0.790. The van der Waals surface area contributed by atoms with Gasteiger partial charge in [-0.1, -0.05) is 6.92 Å². The van der Waals surface area contributed by atoms with Gasteiger partial charge >= 0.3 is 0 Å². The average Bonchev–Trinajstić information content (AvgIpc) is 2.76. The molecule has 2 atom stereocenters. The Bertz CT molecular complexity index is 270. The number of carbonyl (C=O) groups is 1. The van der Waals surface area contributed by atoms with Crippen molar-refractivity contribution in [3.63, 3.8) is 0 Å². The lowest BCUT2D eigenvalue weighted by molar-refractivity contribution is -0.134. The lowest BCUT2D eigenvalue weighted by Gasteiger charge is -2.33. The van der Waals surface area contributed by atoms with E-state index in [-0.39, 0.29) is 18.6 Å². The van der Waals surface area contributed by atoms with E-state index in [0.717, 1.165) is 38.9 Å². The van der Waals surface area contributed by atoms with Gasteiger partial charge in [-0.15, -0.1) is 0 Å². The van der Waals surface area contributed by atoms with Crippen molar-refractivity contribution >= 4 is 5.91 Å². The predicted molar refractivity (Wildman–Crippen MR) is 66.7 cm³/mol. The third kappa shape index (κ3) is 3.19. The van der Waals surface area contributed by atoms with Crippen LogP contribution in [0.3, 0.4) is 0 Å². The summed E-state index contributed by atoms with van der Waals surface area (Å²) in [7, 11) is 0. The highest BCUT2D eigenvalue weighted by atomic mass is 16.3. The fourth-order valence-electron chi connectivity index (χ4n) is 3.00. The Morgan fingerprint density at radius 2 is 2.06 bits per heavy atom. The number of aliphatic hydroxyl groups excluding tert-OH is 1. The van der Waals surface area contributed by atoms with Crippen molar-refractivity contribution in [3.8, 4) is 0 Å². The summed E-state index contributed by atoms with van der Waals surface area (Å²) in [6.45, 7) is 5.69. The van der Waals surface area contributed by atoms with Crippen LogP contribution in [0.5, 0.6) is 0 Å². The zero-order valence-electron chi connectivity index (χ0n) is 10.8. The van der Waals surface area contributed by atoms with E-state index in [2.05, 4.69) is 11.8 Å². The SMILES string of the molecule is CC1CCCN(C(=O)CN2CCC[C@H]2CO)C1. The van der Waals surface area contributed by atoms with Crippen LogP contribution in [0.4, 0.5) is 0 Å². The summed E-state index contributed by atoms with van der Waals surface area (Å²) in [6, 6.07) is 0.209. The van der Waals surface area contributed by atoms with Crippen LogP contribution in [0.2, 0.25) is 0 Å². The first kappa shape index (κ1) is 12.8. The number of piperidine rings is 1. The van der Waals surface area contributed by atoms with E-state index in [0.29, 0.717) is 12.5 Å². The highest BCUT2D eigenvalue weighted by Gasteiger charge is 2.28. The van der Waals surface area contributed by atoms with Crippen LogP contribution >= 0.6 is 0 Å². The molecule has 2 aliphatic rings. The van der Waals surface area contributed by atoms with Crippen molar-refractivity contribution in [2.75, 3.05) is 32.8 Å². The van der Waals surface area contributed by atoms with Gasteiger partial charge in [-0.3, -0.25) is 9.69 Å². The van der Waals surface area contributed by atoms with Crippen molar-refractivity contribution in [1.29, 1.82) is 0 Å². The van der Waals surface area contributed by atoms with E-state index < -0.39 is 0 Å². The van der Waals surface area contributed by atoms with Crippen LogP contribution in [0, 0.1) is 5.92 Å². The summed E-state index contributed by atoms with van der Waals surface area (Å²) in [5.41, 5.74) is 0. The number of rotatable bonds is 3. The Labute approximate surface area is 104 Å². The van der Waals surface area contributed by atoms with Gasteiger partial charge in [-0.25, -0.2) is 0 Å². The molecule has 0 aromatic carbocycles. The van der Waals surface area contributed by atoms with Gasteiger partial charge in [-0.2, -0.15) is 0 Å². The highest BCUT2D eigenvalue weighted by molar-refractivity contribution is 5.78. The molecule has 1 N–H and O–H groups in total. The molecule has 2 aliphatic heterocycles. The summed E-state index contributed by atoms with van der Waals surface area (Å²) in [5.74, 6) is 0.886. The number of aliphatic hydroxyl groups is 1. The maximum Gasteiger partial charge on any atom is 0.236 e. The zero-order chi connectivity index (χ0) is 12.3. The fraction of sp³-hybridized carbons (Fsp3) is 0.923. The molecule has 2 heterocycles. The minimum atomic E-state index is 0.184. The lowest BCUT2D eigenvalue weighted by Crippen LogP contribution is -2.46. The van der Waals surface area contributed by atoms with Gasteiger partial charge in [0.05, 0.1) is 13.2 Å². The second-order valence-corrected chi connectivity index (χ2v) is 5.54. The van der Waals surface area contributed by atoms with Crippen LogP contribution in [0.15, 0.2) is 0 Å². The monoisotopic (exact) mass is 240 g/mol. The maximum atomic E-state index is 12.2. The number of carbonyl (C=O) groups excluding carboxylic acids is 1. The molecule has 0 aromatic heterocycles. The molecule has 2 rings (SSSR count). The summed E-state index contributed by atoms with van der Waals surface area (Å²) in [5, 5.41) is 9.24. The number of hydrogen-bond donors (Lipinski definition) is 1. The third-order valence-corrected chi connectivity index (χ3v) is 4.06. The number of nitrogens with zero attached hydrogens (tertiary/aromatic N) is 2. The smallest absolute Gasteiger partial charge is 0.236 e. The minimum absolute atomic E-state index is 0.184. The largest absolute Gasteiger partial charge is 0.395 e. The van der Waals surface area contributed by atoms with E-state index in [1.165, 1.54) is 6.42 Å². The summed E-state index contributed by atoms with van der Waals surface area (Å²) < 4.78 is 0. The molecular formula is C13H24N2O2. The van der Waals surface area contributed by atoms with Crippen molar-refractivity contribution in [2.45, 2.75) is 38.6 Å². The number of hydrogen-bond acceptors (Lipinski definition) is 3. The molecular weight excluding hydrogens is 216 g/mol. The van der Waals surface area contributed by atoms with Gasteiger partial charge in [0, 0.05) is 19.1 Å². The van der Waals surface area contributed by atoms with Gasteiger partial charge in [0.1, 0.15) is 0 Å². The molecule has 0 aromatic rings. The molecule has 4 heteroatoms. The Morgan fingerprint density at radius 3 is 2.76 bits per heavy atom. The van der Waals surface area contributed by atoms with E-state index >= 15 is 0 Å². The standard InChI is InChI=1S/C13H24N2O2/c1-11-4-2-7-15(8-11)13(17)9-14-6-3-5-12(14)10-16/h11-12,16H,2-10H2,1H3/t11?,12-/m0/s1. The Hall–Kier alpha value is -0.610. The summed E-state index contributed by atoms with van der Waals surface area (Å²) in [6.07, 6.45) is 4.51. The summed E-state index contributed by atoms with van der Waals surface area (Å²) in [4.78, 5) is 16.3. The molecule has 0 aliphatic carbocycles. The van der Waals surface area contributed by atoms with Crippen molar-refractivity contribution in [2.24, 2.45) is 5.92 Å². The Morgan fingerprint density at radius 1 is 1.29 bits per heavy atom. The van der Waals surface area contributed by atoms with E-state index in [1.807, 2.05) is 4.90 Å². The fourth-order valence-corrected chi connectivity index (χ4v) is 3.00. The molecule has 1 unspecified atom stereocenters. The first-order valence-electron chi connectivity index (χ1n) is 6.83. The first-order chi connectivity index (χ1) is 8.20. The Kier molecular flexibility index (Phi) is 4.40. The zero-order valence-corrected chi connectivity index (χ0v) is 10.8. The molecule has 1 amide bonds. The van der Waals surface area contributed by atoms with Gasteiger partial charge < -0.3 is 10.0 Å². The summed E-state index contributed by atoms with van der Waals surface area (Å²) >= 11 is 0. The first-order valence-corrected chi connectivity index (χ1v) is 6.83. The molecule has 98 valence electrons. The van der Waals surface area contributed by atoms with Crippen molar-refractivity contribution in [3.05, 3.63) is 0 Å². The lowest BCUT2D eigenvalue weighted by atomic mass is 10.0. The van der Waals surface area contributed by atoms with E-state index in [1.54, 1.807) is 0 Å². The Balaban J connectivity index is 1.83. The average molecular weight is 240 g/mol. The van der Waals surface area contributed by atoms with Gasteiger partial charge in [0.15, 0.2) is 0 Å². The molecule has 4 nitrogen and oxygen atoms in total. The second kappa shape index (κ2) is 5.83. The number of amides is 1.